The number of aromatic nitrogens is 4. The third-order valence-corrected chi connectivity index (χ3v) is 6.10. The molecular formula is C24H17N5O2S. The minimum atomic E-state index is -3.24. The zero-order chi connectivity index (χ0) is 22.1. The van der Waals surface area contributed by atoms with Crippen LogP contribution in [0.3, 0.4) is 0 Å². The van der Waals surface area contributed by atoms with Crippen LogP contribution in [0, 0.1) is 11.8 Å². The minimum Gasteiger partial charge on any atom is -0.340 e. The number of anilines is 2. The first-order valence-corrected chi connectivity index (χ1v) is 11.6. The molecule has 0 aliphatic rings. The molecule has 5 aromatic rings. The lowest BCUT2D eigenvalue weighted by molar-refractivity contribution is 0.602. The molecule has 0 radical (unpaired) electrons. The van der Waals surface area contributed by atoms with Crippen LogP contribution in [0.5, 0.6) is 0 Å². The second-order valence-electron chi connectivity index (χ2n) is 7.29. The summed E-state index contributed by atoms with van der Waals surface area (Å²) in [5.41, 5.74) is 3.21. The van der Waals surface area contributed by atoms with Crippen molar-refractivity contribution in [3.63, 3.8) is 0 Å². The molecule has 0 unspecified atom stereocenters. The largest absolute Gasteiger partial charge is 0.340 e. The standard InChI is InChI=1S/C24H17N5O2S/c1-32(30,31)20-6-4-19(5-7-20)28-24-13-21-17(14-26-24)10-11-25-23(21)9-3-16-2-8-22-18(12-16)15-27-29-22/h2,4-8,10-15H,1H3,(H,26,28)(H,27,29). The average Bonchev–Trinajstić information content (AvgIpc) is 3.25. The monoisotopic (exact) mass is 439 g/mol. The van der Waals surface area contributed by atoms with Crippen LogP contribution in [0.1, 0.15) is 11.3 Å². The van der Waals surface area contributed by atoms with Crippen molar-refractivity contribution in [2.45, 2.75) is 4.90 Å². The highest BCUT2D eigenvalue weighted by Gasteiger charge is 2.07. The summed E-state index contributed by atoms with van der Waals surface area (Å²) in [5.74, 6) is 6.95. The molecule has 0 aliphatic carbocycles. The van der Waals surface area contributed by atoms with Gasteiger partial charge in [-0.15, -0.1) is 0 Å². The molecule has 3 aromatic heterocycles. The number of fused-ring (bicyclic) bond motifs is 2. The maximum atomic E-state index is 11.6. The van der Waals surface area contributed by atoms with Crippen molar-refractivity contribution in [3.8, 4) is 11.8 Å². The summed E-state index contributed by atoms with van der Waals surface area (Å²) in [5, 5.41) is 13.0. The number of rotatable bonds is 3. The van der Waals surface area contributed by atoms with Crippen LogP contribution in [0.4, 0.5) is 11.5 Å². The lowest BCUT2D eigenvalue weighted by Gasteiger charge is -2.08. The van der Waals surface area contributed by atoms with E-state index in [4.69, 9.17) is 0 Å². The smallest absolute Gasteiger partial charge is 0.175 e. The van der Waals surface area contributed by atoms with Crippen LogP contribution in [-0.2, 0) is 9.84 Å². The molecule has 0 aliphatic heterocycles. The maximum Gasteiger partial charge on any atom is 0.175 e. The highest BCUT2D eigenvalue weighted by Crippen LogP contribution is 2.23. The summed E-state index contributed by atoms with van der Waals surface area (Å²) < 4.78 is 23.3. The Bertz CT molecular complexity index is 1630. The normalized spacial score (nSPS) is 11.3. The van der Waals surface area contributed by atoms with Crippen LogP contribution in [0.15, 0.2) is 78.1 Å². The van der Waals surface area contributed by atoms with E-state index >= 15 is 0 Å². The Morgan fingerprint density at radius 1 is 0.906 bits per heavy atom. The summed E-state index contributed by atoms with van der Waals surface area (Å²) in [4.78, 5) is 9.16. The summed E-state index contributed by atoms with van der Waals surface area (Å²) in [6.45, 7) is 0. The number of sulfone groups is 1. The van der Waals surface area contributed by atoms with Crippen LogP contribution in [-0.4, -0.2) is 34.8 Å². The fraction of sp³-hybridized carbons (Fsp3) is 0.0417. The quantitative estimate of drug-likeness (QED) is 0.411. The Kier molecular flexibility index (Phi) is 4.81. The number of hydrogen-bond acceptors (Lipinski definition) is 6. The zero-order valence-corrected chi connectivity index (χ0v) is 17.8. The summed E-state index contributed by atoms with van der Waals surface area (Å²) >= 11 is 0. The van der Waals surface area contributed by atoms with Gasteiger partial charge in [0.1, 0.15) is 11.5 Å². The number of pyridine rings is 2. The Balaban J connectivity index is 1.47. The summed E-state index contributed by atoms with van der Waals surface area (Å²) in [6.07, 6.45) is 6.42. The van der Waals surface area contributed by atoms with E-state index in [0.29, 0.717) is 11.5 Å². The van der Waals surface area contributed by atoms with Gasteiger partial charge in [0.05, 0.1) is 16.6 Å². The number of hydrogen-bond donors (Lipinski definition) is 2. The van der Waals surface area contributed by atoms with E-state index in [0.717, 1.165) is 32.9 Å². The zero-order valence-electron chi connectivity index (χ0n) is 17.0. The van der Waals surface area contributed by atoms with E-state index in [1.54, 1.807) is 42.9 Å². The number of benzene rings is 2. The number of nitrogens with one attached hydrogen (secondary N) is 2. The molecule has 0 spiro atoms. The lowest BCUT2D eigenvalue weighted by atomic mass is 10.1. The summed E-state index contributed by atoms with van der Waals surface area (Å²) in [7, 11) is -3.24. The van der Waals surface area contributed by atoms with Gasteiger partial charge in [0.2, 0.25) is 0 Å². The van der Waals surface area contributed by atoms with Gasteiger partial charge >= 0.3 is 0 Å². The van der Waals surface area contributed by atoms with Crippen molar-refractivity contribution in [3.05, 3.63) is 84.4 Å². The third kappa shape index (κ3) is 4.02. The van der Waals surface area contributed by atoms with E-state index in [1.165, 1.54) is 6.26 Å². The minimum absolute atomic E-state index is 0.268. The van der Waals surface area contributed by atoms with Gasteiger partial charge in [-0.25, -0.2) is 18.4 Å². The number of aromatic amines is 1. The predicted molar refractivity (Wildman–Crippen MR) is 124 cm³/mol. The van der Waals surface area contributed by atoms with Crippen LogP contribution in [0.2, 0.25) is 0 Å². The molecule has 0 atom stereocenters. The molecule has 0 saturated carbocycles. The van der Waals surface area contributed by atoms with Crippen molar-refractivity contribution in [1.29, 1.82) is 0 Å². The Hall–Kier alpha value is -4.22. The molecular weight excluding hydrogens is 422 g/mol. The molecule has 0 amide bonds. The Morgan fingerprint density at radius 2 is 1.75 bits per heavy atom. The van der Waals surface area contributed by atoms with Gasteiger partial charge in [0, 0.05) is 46.1 Å². The summed E-state index contributed by atoms with van der Waals surface area (Å²) in [6, 6.07) is 16.2. The first-order valence-electron chi connectivity index (χ1n) is 9.73. The van der Waals surface area contributed by atoms with Crippen molar-refractivity contribution in [1.82, 2.24) is 20.2 Å². The maximum absolute atomic E-state index is 11.6. The average molecular weight is 440 g/mol. The molecule has 5 rings (SSSR count). The molecule has 2 aromatic carbocycles. The van der Waals surface area contributed by atoms with Crippen LogP contribution in [0.25, 0.3) is 21.7 Å². The van der Waals surface area contributed by atoms with Crippen molar-refractivity contribution < 1.29 is 8.42 Å². The third-order valence-electron chi connectivity index (χ3n) is 4.97. The lowest BCUT2D eigenvalue weighted by Crippen LogP contribution is -1.98. The predicted octanol–water partition coefficient (Wildman–Crippen LogP) is 4.05. The second-order valence-corrected chi connectivity index (χ2v) is 9.31. The van der Waals surface area contributed by atoms with E-state index in [2.05, 4.69) is 37.3 Å². The van der Waals surface area contributed by atoms with Gasteiger partial charge in [-0.05, 0) is 60.5 Å². The van der Waals surface area contributed by atoms with Crippen molar-refractivity contribution in [2.75, 3.05) is 11.6 Å². The molecule has 32 heavy (non-hydrogen) atoms. The highest BCUT2D eigenvalue weighted by atomic mass is 32.2. The number of H-pyrrole nitrogens is 1. The fourth-order valence-electron chi connectivity index (χ4n) is 3.32. The molecule has 8 heteroatoms. The van der Waals surface area contributed by atoms with Gasteiger partial charge in [-0.2, -0.15) is 5.10 Å². The van der Waals surface area contributed by atoms with Crippen LogP contribution >= 0.6 is 0 Å². The molecule has 0 fully saturated rings. The molecule has 2 N–H and O–H groups in total. The van der Waals surface area contributed by atoms with Crippen molar-refractivity contribution in [2.24, 2.45) is 0 Å². The van der Waals surface area contributed by atoms with Gasteiger partial charge in [-0.3, -0.25) is 5.10 Å². The SMILES string of the molecule is CS(=O)(=O)c1ccc(Nc2cc3c(C#Cc4ccc5[nH]ncc5c4)nccc3cn2)cc1. The van der Waals surface area contributed by atoms with Crippen LogP contribution < -0.4 is 5.32 Å². The van der Waals surface area contributed by atoms with Gasteiger partial charge in [0.15, 0.2) is 9.84 Å². The molecule has 156 valence electrons. The van der Waals surface area contributed by atoms with E-state index in [1.807, 2.05) is 30.3 Å². The molecule has 0 saturated heterocycles. The van der Waals surface area contributed by atoms with E-state index in [9.17, 15) is 8.42 Å². The first-order chi connectivity index (χ1) is 15.5. The van der Waals surface area contributed by atoms with Gasteiger partial charge < -0.3 is 5.32 Å². The highest BCUT2D eigenvalue weighted by molar-refractivity contribution is 7.90. The van der Waals surface area contributed by atoms with E-state index in [-0.39, 0.29) is 4.90 Å². The molecule has 0 bridgehead atoms. The Morgan fingerprint density at radius 3 is 2.56 bits per heavy atom. The van der Waals surface area contributed by atoms with E-state index < -0.39 is 9.84 Å². The second kappa shape index (κ2) is 7.80. The molecule has 7 nitrogen and oxygen atoms in total. The van der Waals surface area contributed by atoms with Gasteiger partial charge in [0.25, 0.3) is 0 Å². The Labute approximate surface area is 184 Å². The first kappa shape index (κ1) is 19.7. The van der Waals surface area contributed by atoms with Gasteiger partial charge in [-0.1, -0.05) is 5.92 Å². The topological polar surface area (TPSA) is 101 Å². The number of nitrogens with zero attached hydrogens (tertiary/aromatic N) is 3. The fourth-order valence-corrected chi connectivity index (χ4v) is 3.95. The van der Waals surface area contributed by atoms with Crippen molar-refractivity contribution >= 4 is 43.0 Å². The molecule has 3 heterocycles.